The van der Waals surface area contributed by atoms with Gasteiger partial charge in [0.05, 0.1) is 17.4 Å². The van der Waals surface area contributed by atoms with Crippen LogP contribution in [0.2, 0.25) is 0 Å². The lowest BCUT2D eigenvalue weighted by Crippen LogP contribution is -2.17. The predicted octanol–water partition coefficient (Wildman–Crippen LogP) is 3.76. The van der Waals surface area contributed by atoms with Gasteiger partial charge in [-0.25, -0.2) is 0 Å². The van der Waals surface area contributed by atoms with Crippen molar-refractivity contribution in [2.75, 3.05) is 6.54 Å². The van der Waals surface area contributed by atoms with Gasteiger partial charge in [-0.05, 0) is 36.6 Å². The van der Waals surface area contributed by atoms with E-state index in [1.165, 1.54) is 0 Å². The van der Waals surface area contributed by atoms with E-state index in [9.17, 15) is 5.26 Å². The van der Waals surface area contributed by atoms with Crippen LogP contribution in [-0.4, -0.2) is 26.6 Å². The largest absolute Gasteiger partial charge is 0.302 e. The van der Waals surface area contributed by atoms with Gasteiger partial charge in [0.2, 0.25) is 0 Å². The molecule has 1 atom stereocenters. The third-order valence-corrected chi connectivity index (χ3v) is 4.49. The normalized spacial score (nSPS) is 17.0. The van der Waals surface area contributed by atoms with Crippen molar-refractivity contribution in [1.82, 2.24) is 20.1 Å². The predicted molar refractivity (Wildman–Crippen MR) is 91.5 cm³/mol. The molecule has 5 nitrogen and oxygen atoms in total. The maximum Gasteiger partial charge on any atom is 0.179 e. The number of nitrogens with one attached hydrogen (secondary N) is 1. The number of aromatic nitrogens is 3. The van der Waals surface area contributed by atoms with Crippen LogP contribution in [0, 0.1) is 11.5 Å². The van der Waals surface area contributed by atoms with Crippen LogP contribution in [0.4, 0.5) is 0 Å². The van der Waals surface area contributed by atoms with Crippen LogP contribution >= 0.6 is 0 Å². The first-order valence-corrected chi connectivity index (χ1v) is 8.07. The molecule has 1 unspecified atom stereocenters. The van der Waals surface area contributed by atoms with Crippen LogP contribution in [-0.2, 0) is 0 Å². The Bertz CT molecular complexity index is 878. The van der Waals surface area contributed by atoms with Crippen LogP contribution in [0.5, 0.6) is 0 Å². The molecule has 1 aliphatic rings. The molecule has 0 bridgehead atoms. The molecule has 0 radical (unpaired) electrons. The highest BCUT2D eigenvalue weighted by molar-refractivity contribution is 5.71. The van der Waals surface area contributed by atoms with Gasteiger partial charge in [-0.2, -0.15) is 10.4 Å². The number of rotatable bonds is 3. The third kappa shape index (κ3) is 2.63. The fraction of sp³-hybridized carbons (Fsp3) is 0.211. The highest BCUT2D eigenvalue weighted by Gasteiger charge is 2.26. The van der Waals surface area contributed by atoms with Gasteiger partial charge in [-0.15, -0.1) is 0 Å². The first-order valence-electron chi connectivity index (χ1n) is 8.07. The molecule has 3 heterocycles. The zero-order chi connectivity index (χ0) is 16.4. The van der Waals surface area contributed by atoms with E-state index in [4.69, 9.17) is 0 Å². The number of nitrogens with zero attached hydrogens (tertiary/aromatic N) is 4. The summed E-state index contributed by atoms with van der Waals surface area (Å²) in [6.45, 7) is 0.825. The van der Waals surface area contributed by atoms with Crippen LogP contribution < -0.4 is 0 Å². The first kappa shape index (κ1) is 14.5. The quantitative estimate of drug-likeness (QED) is 0.747. The number of nitriles is 1. The zero-order valence-electron chi connectivity index (χ0n) is 13.2. The summed E-state index contributed by atoms with van der Waals surface area (Å²) in [7, 11) is 0. The molecule has 0 aliphatic carbocycles. The van der Waals surface area contributed by atoms with Crippen molar-refractivity contribution in [3.05, 3.63) is 60.6 Å². The number of H-pyrrole nitrogens is 1. The van der Waals surface area contributed by atoms with Crippen molar-refractivity contribution in [3.63, 3.8) is 0 Å². The summed E-state index contributed by atoms with van der Waals surface area (Å²) in [5.41, 5.74) is 5.17. The van der Waals surface area contributed by atoms with Crippen molar-refractivity contribution in [1.29, 1.82) is 5.26 Å². The number of likely N-dealkylation sites (tertiary alicyclic amines) is 1. The van der Waals surface area contributed by atoms with E-state index < -0.39 is 0 Å². The van der Waals surface area contributed by atoms with Crippen LogP contribution in [0.15, 0.2) is 54.9 Å². The summed E-state index contributed by atoms with van der Waals surface area (Å²) in [4.78, 5) is 6.00. The SMILES string of the molecule is N#CN1CCCC1c1cc(-c2cccc(-c3cccnc3)c2)n[nH]1. The Labute approximate surface area is 140 Å². The van der Waals surface area contributed by atoms with Gasteiger partial charge in [0.15, 0.2) is 6.19 Å². The minimum atomic E-state index is 0.123. The monoisotopic (exact) mass is 315 g/mol. The van der Waals surface area contributed by atoms with Gasteiger partial charge < -0.3 is 4.90 Å². The maximum absolute atomic E-state index is 9.22. The van der Waals surface area contributed by atoms with Crippen molar-refractivity contribution in [3.8, 4) is 28.6 Å². The summed E-state index contributed by atoms with van der Waals surface area (Å²) in [5.74, 6) is 0. The van der Waals surface area contributed by atoms with Crippen LogP contribution in [0.3, 0.4) is 0 Å². The second kappa shape index (κ2) is 6.17. The highest BCUT2D eigenvalue weighted by Crippen LogP contribution is 2.32. The molecule has 1 aromatic carbocycles. The van der Waals surface area contributed by atoms with Crippen molar-refractivity contribution >= 4 is 0 Å². The van der Waals surface area contributed by atoms with E-state index in [0.29, 0.717) is 0 Å². The molecule has 24 heavy (non-hydrogen) atoms. The lowest BCUT2D eigenvalue weighted by atomic mass is 10.0. The number of pyridine rings is 1. The molecular weight excluding hydrogens is 298 g/mol. The zero-order valence-corrected chi connectivity index (χ0v) is 13.2. The van der Waals surface area contributed by atoms with E-state index >= 15 is 0 Å². The Kier molecular flexibility index (Phi) is 3.72. The van der Waals surface area contributed by atoms with Gasteiger partial charge in [-0.1, -0.05) is 24.3 Å². The molecule has 0 saturated carbocycles. The van der Waals surface area contributed by atoms with Gasteiger partial charge in [0.1, 0.15) is 0 Å². The fourth-order valence-electron chi connectivity index (χ4n) is 3.26. The van der Waals surface area contributed by atoms with Crippen molar-refractivity contribution < 1.29 is 0 Å². The Morgan fingerprint density at radius 3 is 2.83 bits per heavy atom. The molecular formula is C19H17N5. The topological polar surface area (TPSA) is 68.6 Å². The van der Waals surface area contributed by atoms with Crippen LogP contribution in [0.25, 0.3) is 22.4 Å². The standard InChI is InChI=1S/C19H17N5/c20-13-24-9-3-7-19(24)18-11-17(22-23-18)15-5-1-4-14(10-15)16-6-2-8-21-12-16/h1-2,4-6,8,10-12,19H,3,7,9H2,(H,22,23). The Hall–Kier alpha value is -3.13. The molecule has 1 saturated heterocycles. The average molecular weight is 315 g/mol. The highest BCUT2D eigenvalue weighted by atomic mass is 15.2. The molecule has 4 rings (SSSR count). The van der Waals surface area contributed by atoms with E-state index in [-0.39, 0.29) is 6.04 Å². The second-order valence-electron chi connectivity index (χ2n) is 5.98. The van der Waals surface area contributed by atoms with Gasteiger partial charge in [0.25, 0.3) is 0 Å². The second-order valence-corrected chi connectivity index (χ2v) is 5.98. The van der Waals surface area contributed by atoms with E-state index in [1.54, 1.807) is 6.20 Å². The Morgan fingerprint density at radius 2 is 2.00 bits per heavy atom. The molecule has 0 spiro atoms. The van der Waals surface area contributed by atoms with E-state index in [1.807, 2.05) is 29.3 Å². The Morgan fingerprint density at radius 1 is 1.12 bits per heavy atom. The number of hydrogen-bond acceptors (Lipinski definition) is 4. The number of aromatic amines is 1. The lowest BCUT2D eigenvalue weighted by Gasteiger charge is -2.15. The molecule has 5 heteroatoms. The molecule has 118 valence electrons. The summed E-state index contributed by atoms with van der Waals surface area (Å²) in [6, 6.07) is 14.4. The van der Waals surface area contributed by atoms with Crippen LogP contribution in [0.1, 0.15) is 24.6 Å². The summed E-state index contributed by atoms with van der Waals surface area (Å²) < 4.78 is 0. The third-order valence-electron chi connectivity index (χ3n) is 4.49. The molecule has 1 aliphatic heterocycles. The van der Waals surface area contributed by atoms with Gasteiger partial charge in [-0.3, -0.25) is 10.1 Å². The number of hydrogen-bond donors (Lipinski definition) is 1. The lowest BCUT2D eigenvalue weighted by molar-refractivity contribution is 0.367. The molecule has 1 N–H and O–H groups in total. The first-order chi connectivity index (χ1) is 11.8. The molecule has 1 fully saturated rings. The van der Waals surface area contributed by atoms with E-state index in [2.05, 4.69) is 45.6 Å². The Balaban J connectivity index is 1.65. The average Bonchev–Trinajstić information content (AvgIpc) is 3.31. The molecule has 0 amide bonds. The smallest absolute Gasteiger partial charge is 0.179 e. The van der Waals surface area contributed by atoms with Gasteiger partial charge in [0, 0.05) is 30.1 Å². The van der Waals surface area contributed by atoms with Gasteiger partial charge >= 0.3 is 0 Å². The summed E-state index contributed by atoms with van der Waals surface area (Å²) in [5, 5.41) is 16.8. The fourth-order valence-corrected chi connectivity index (χ4v) is 3.26. The molecule has 2 aromatic heterocycles. The maximum atomic E-state index is 9.22. The number of benzene rings is 1. The van der Waals surface area contributed by atoms with Crippen molar-refractivity contribution in [2.45, 2.75) is 18.9 Å². The van der Waals surface area contributed by atoms with Crippen molar-refractivity contribution in [2.24, 2.45) is 0 Å². The van der Waals surface area contributed by atoms with E-state index in [0.717, 1.165) is 47.5 Å². The molecule has 3 aromatic rings. The summed E-state index contributed by atoms with van der Waals surface area (Å²) in [6.07, 6.45) is 7.94. The minimum absolute atomic E-state index is 0.123. The summed E-state index contributed by atoms with van der Waals surface area (Å²) >= 11 is 0. The minimum Gasteiger partial charge on any atom is -0.302 e.